The predicted octanol–water partition coefficient (Wildman–Crippen LogP) is 2.39. The summed E-state index contributed by atoms with van der Waals surface area (Å²) in [5.74, 6) is -0.790. The molecule has 0 amide bonds. The van der Waals surface area contributed by atoms with E-state index in [1.54, 1.807) is 6.07 Å². The van der Waals surface area contributed by atoms with Gasteiger partial charge in [-0.05, 0) is 37.3 Å². The SMILES string of the molecule is CCc1cc([O-])c([O-])c2cccc(N(CC)CC)c12.[Ni+2]. The molecule has 0 saturated heterocycles. The van der Waals surface area contributed by atoms with Gasteiger partial charge in [-0.15, -0.1) is 11.5 Å². The number of hydrogen-bond donors (Lipinski definition) is 0. The van der Waals surface area contributed by atoms with Gasteiger partial charge in [-0.2, -0.15) is 0 Å². The van der Waals surface area contributed by atoms with Crippen molar-refractivity contribution in [2.75, 3.05) is 18.0 Å². The average molecular weight is 316 g/mol. The van der Waals surface area contributed by atoms with E-state index in [0.29, 0.717) is 5.39 Å². The summed E-state index contributed by atoms with van der Waals surface area (Å²) in [6, 6.07) is 7.14. The number of nitrogens with zero attached hydrogens (tertiary/aromatic N) is 1. The molecule has 0 aliphatic rings. The topological polar surface area (TPSA) is 49.4 Å². The Kier molecular flexibility index (Phi) is 5.70. The van der Waals surface area contributed by atoms with Gasteiger partial charge in [0.05, 0.1) is 0 Å². The molecule has 0 unspecified atom stereocenters. The van der Waals surface area contributed by atoms with Crippen molar-refractivity contribution in [3.05, 3.63) is 29.8 Å². The molecule has 2 rings (SSSR count). The maximum Gasteiger partial charge on any atom is 2.00 e. The van der Waals surface area contributed by atoms with Crippen molar-refractivity contribution in [3.8, 4) is 11.5 Å². The molecular weight excluding hydrogens is 297 g/mol. The van der Waals surface area contributed by atoms with E-state index in [4.69, 9.17) is 0 Å². The Morgan fingerprint density at radius 2 is 1.70 bits per heavy atom. The third kappa shape index (κ3) is 2.71. The molecule has 0 N–H and O–H groups in total. The second-order valence-corrected chi connectivity index (χ2v) is 4.59. The molecule has 0 aliphatic carbocycles. The summed E-state index contributed by atoms with van der Waals surface area (Å²) in [6.07, 6.45) is 0.754. The Bertz CT molecular complexity index is 595. The summed E-state index contributed by atoms with van der Waals surface area (Å²) >= 11 is 0. The number of anilines is 1. The molecule has 0 radical (unpaired) electrons. The minimum absolute atomic E-state index is 0. The van der Waals surface area contributed by atoms with Crippen molar-refractivity contribution in [1.29, 1.82) is 0 Å². The van der Waals surface area contributed by atoms with Crippen LogP contribution in [0.1, 0.15) is 26.3 Å². The van der Waals surface area contributed by atoms with Crippen LogP contribution < -0.4 is 15.1 Å². The maximum atomic E-state index is 12.0. The summed E-state index contributed by atoms with van der Waals surface area (Å²) in [6.45, 7) is 7.96. The second kappa shape index (κ2) is 6.85. The first kappa shape index (κ1) is 16.6. The van der Waals surface area contributed by atoms with Gasteiger partial charge in [0.2, 0.25) is 0 Å². The average Bonchev–Trinajstić information content (AvgIpc) is 2.44. The van der Waals surface area contributed by atoms with Crippen LogP contribution in [0.5, 0.6) is 11.5 Å². The fourth-order valence-corrected chi connectivity index (χ4v) is 2.60. The zero-order chi connectivity index (χ0) is 14.0. The van der Waals surface area contributed by atoms with Crippen LogP contribution in [-0.2, 0) is 22.9 Å². The molecule has 2 aromatic carbocycles. The van der Waals surface area contributed by atoms with Gasteiger partial charge in [-0.3, -0.25) is 0 Å². The van der Waals surface area contributed by atoms with Crippen molar-refractivity contribution in [1.82, 2.24) is 0 Å². The summed E-state index contributed by atoms with van der Waals surface area (Å²) in [4.78, 5) is 2.21. The fraction of sp³-hybridized carbons (Fsp3) is 0.375. The van der Waals surface area contributed by atoms with E-state index in [9.17, 15) is 10.2 Å². The number of hydrogen-bond acceptors (Lipinski definition) is 3. The summed E-state index contributed by atoms with van der Waals surface area (Å²) in [5.41, 5.74) is 2.01. The number of benzene rings is 2. The second-order valence-electron chi connectivity index (χ2n) is 4.59. The van der Waals surface area contributed by atoms with Gasteiger partial charge in [0.1, 0.15) is 0 Å². The third-order valence-electron chi connectivity index (χ3n) is 3.62. The van der Waals surface area contributed by atoms with Gasteiger partial charge in [-0.1, -0.05) is 25.1 Å². The molecule has 0 atom stereocenters. The van der Waals surface area contributed by atoms with Crippen LogP contribution in [0.25, 0.3) is 10.8 Å². The quantitative estimate of drug-likeness (QED) is 0.814. The summed E-state index contributed by atoms with van der Waals surface area (Å²) in [7, 11) is 0. The Balaban J connectivity index is 0.00000200. The van der Waals surface area contributed by atoms with Gasteiger partial charge in [0, 0.05) is 24.2 Å². The Morgan fingerprint density at radius 1 is 1.05 bits per heavy atom. The molecule has 20 heavy (non-hydrogen) atoms. The summed E-state index contributed by atoms with van der Waals surface area (Å²) in [5, 5.41) is 25.2. The Labute approximate surface area is 130 Å². The molecule has 0 aliphatic heterocycles. The molecule has 0 saturated carbocycles. The summed E-state index contributed by atoms with van der Waals surface area (Å²) < 4.78 is 0. The van der Waals surface area contributed by atoms with Gasteiger partial charge in [-0.25, -0.2) is 0 Å². The molecule has 0 bridgehead atoms. The van der Waals surface area contributed by atoms with Crippen LogP contribution in [0, 0.1) is 0 Å². The largest absolute Gasteiger partial charge is 2.00 e. The fourth-order valence-electron chi connectivity index (χ4n) is 2.60. The molecule has 0 aromatic heterocycles. The smallest absolute Gasteiger partial charge is 0.873 e. The zero-order valence-corrected chi connectivity index (χ0v) is 13.0. The van der Waals surface area contributed by atoms with Crippen LogP contribution in [0.4, 0.5) is 5.69 Å². The number of fused-ring (bicyclic) bond motifs is 1. The first-order valence-electron chi connectivity index (χ1n) is 6.81. The van der Waals surface area contributed by atoms with E-state index in [0.717, 1.165) is 36.1 Å². The monoisotopic (exact) mass is 315 g/mol. The van der Waals surface area contributed by atoms with Gasteiger partial charge in [0.25, 0.3) is 0 Å². The van der Waals surface area contributed by atoms with Gasteiger partial charge < -0.3 is 15.1 Å². The van der Waals surface area contributed by atoms with E-state index in [-0.39, 0.29) is 22.2 Å². The molecule has 3 nitrogen and oxygen atoms in total. The molecule has 110 valence electrons. The minimum atomic E-state index is -0.402. The van der Waals surface area contributed by atoms with Crippen molar-refractivity contribution >= 4 is 16.5 Å². The molecule has 0 spiro atoms. The number of aryl methyl sites for hydroxylation is 1. The van der Waals surface area contributed by atoms with Crippen molar-refractivity contribution in [3.63, 3.8) is 0 Å². The normalized spacial score (nSPS) is 10.3. The van der Waals surface area contributed by atoms with E-state index in [2.05, 4.69) is 18.7 Å². The third-order valence-corrected chi connectivity index (χ3v) is 3.62. The number of rotatable bonds is 4. The standard InChI is InChI=1S/C16H21NO2.Ni/c1-4-11-10-14(18)16(19)12-8-7-9-13(15(11)12)17(5-2)6-3;/h7-10,18-19H,4-6H2,1-3H3;/q;+2/p-2. The van der Waals surface area contributed by atoms with Gasteiger partial charge in [0.15, 0.2) is 0 Å². The Morgan fingerprint density at radius 3 is 2.25 bits per heavy atom. The van der Waals surface area contributed by atoms with Crippen molar-refractivity contribution in [2.45, 2.75) is 27.2 Å². The Hall–Kier alpha value is -1.41. The molecule has 4 heteroatoms. The first-order valence-corrected chi connectivity index (χ1v) is 6.81. The van der Waals surface area contributed by atoms with Crippen LogP contribution in [0.15, 0.2) is 24.3 Å². The molecular formula is C16H19NNiO2. The van der Waals surface area contributed by atoms with Gasteiger partial charge >= 0.3 is 16.5 Å². The van der Waals surface area contributed by atoms with E-state index >= 15 is 0 Å². The van der Waals surface area contributed by atoms with E-state index in [1.807, 2.05) is 19.1 Å². The van der Waals surface area contributed by atoms with Crippen molar-refractivity contribution < 1.29 is 26.7 Å². The molecule has 0 heterocycles. The van der Waals surface area contributed by atoms with Crippen LogP contribution in [-0.4, -0.2) is 13.1 Å². The minimum Gasteiger partial charge on any atom is -0.873 e. The van der Waals surface area contributed by atoms with Crippen LogP contribution in [0.2, 0.25) is 0 Å². The van der Waals surface area contributed by atoms with E-state index < -0.39 is 5.75 Å². The molecule has 0 fully saturated rings. The maximum absolute atomic E-state index is 12.0. The van der Waals surface area contributed by atoms with Crippen LogP contribution in [0.3, 0.4) is 0 Å². The predicted molar refractivity (Wildman–Crippen MR) is 75.8 cm³/mol. The first-order chi connectivity index (χ1) is 9.13. The molecule has 2 aromatic rings. The van der Waals surface area contributed by atoms with Crippen molar-refractivity contribution in [2.24, 2.45) is 0 Å². The van der Waals surface area contributed by atoms with Crippen LogP contribution >= 0.6 is 0 Å². The van der Waals surface area contributed by atoms with E-state index in [1.165, 1.54) is 6.07 Å². The zero-order valence-electron chi connectivity index (χ0n) is 12.0.